The Morgan fingerprint density at radius 2 is 0.585 bits per heavy atom. The molecule has 0 unspecified atom stereocenters. The van der Waals surface area contributed by atoms with Crippen LogP contribution in [0.2, 0.25) is 0 Å². The van der Waals surface area contributed by atoms with Gasteiger partial charge < -0.3 is 13.7 Å². The van der Waals surface area contributed by atoms with Crippen molar-refractivity contribution >= 4 is 87.0 Å². The van der Waals surface area contributed by atoms with Crippen LogP contribution in [0.4, 0.5) is 13.2 Å². The topological polar surface area (TPSA) is 14.8 Å². The van der Waals surface area contributed by atoms with Crippen molar-refractivity contribution in [2.75, 3.05) is 0 Å². The first kappa shape index (κ1) is 47.6. The molecule has 0 N–H and O–H groups in total. The standard InChI is InChI=1S/C76H48F3N3/c1-47-17-5-13-27-66(47)81-67-28-14-10-20-55(67)61-43-50(35-41-71(61)81)52-33-39-69-63(45-52)64-46-53(51-36-42-72-62(44-51)56-21-11-15-29-68(56)82(72)73-30-16-12-26-65(73)76(77,78)79)34-40-70(64)80(69)54-37-31-49(32-38-54)75-59-24-8-6-22-57(59)74(48-18-3-2-4-19-48)58-23-7-9-25-60(58)75/h2-46H,1H3. The summed E-state index contributed by atoms with van der Waals surface area (Å²) in [6.45, 7) is 2.17. The monoisotopic (exact) mass is 1060 g/mol. The minimum Gasteiger partial charge on any atom is -0.309 e. The Morgan fingerprint density at radius 3 is 1.05 bits per heavy atom. The van der Waals surface area contributed by atoms with Gasteiger partial charge in [0.15, 0.2) is 0 Å². The zero-order chi connectivity index (χ0) is 54.8. The van der Waals surface area contributed by atoms with Gasteiger partial charge in [0.05, 0.1) is 44.4 Å². The fourth-order valence-electron chi connectivity index (χ4n) is 13.3. The lowest BCUT2D eigenvalue weighted by molar-refractivity contribution is -0.137. The Kier molecular flexibility index (Phi) is 10.6. The summed E-state index contributed by atoms with van der Waals surface area (Å²) in [5.41, 5.74) is 17.7. The van der Waals surface area contributed by atoms with Crippen molar-refractivity contribution in [2.24, 2.45) is 0 Å². The molecule has 82 heavy (non-hydrogen) atoms. The van der Waals surface area contributed by atoms with Gasteiger partial charge in [-0.3, -0.25) is 0 Å². The average Bonchev–Trinajstić information content (AvgIpc) is 4.28. The number of fused-ring (bicyclic) bond motifs is 11. The minimum absolute atomic E-state index is 0.103. The van der Waals surface area contributed by atoms with Crippen molar-refractivity contribution < 1.29 is 13.2 Å². The summed E-state index contributed by atoms with van der Waals surface area (Å²) >= 11 is 0. The van der Waals surface area contributed by atoms with E-state index in [4.69, 9.17) is 0 Å². The number of nitrogens with zero attached hydrogens (tertiary/aromatic N) is 3. The quantitative estimate of drug-likeness (QED) is 0.141. The number of halogens is 3. The Morgan fingerprint density at radius 1 is 0.256 bits per heavy atom. The van der Waals surface area contributed by atoms with E-state index in [1.807, 2.05) is 36.4 Å². The summed E-state index contributed by atoms with van der Waals surface area (Å²) in [6, 6.07) is 94.7. The number of aryl methyl sites for hydroxylation is 1. The van der Waals surface area contributed by atoms with Gasteiger partial charge in [-0.25, -0.2) is 0 Å². The minimum atomic E-state index is -4.53. The zero-order valence-electron chi connectivity index (χ0n) is 44.5. The van der Waals surface area contributed by atoms with Crippen molar-refractivity contribution in [3.8, 4) is 61.6 Å². The van der Waals surface area contributed by atoms with E-state index in [9.17, 15) is 13.2 Å². The maximum Gasteiger partial charge on any atom is 0.418 e. The summed E-state index contributed by atoms with van der Waals surface area (Å²) in [5, 5.41) is 11.2. The van der Waals surface area contributed by atoms with Gasteiger partial charge in [-0.1, -0.05) is 182 Å². The third-order valence-corrected chi connectivity index (χ3v) is 17.0. The van der Waals surface area contributed by atoms with E-state index in [1.54, 1.807) is 16.7 Å². The summed E-state index contributed by atoms with van der Waals surface area (Å²) in [6.07, 6.45) is -4.53. The lowest BCUT2D eigenvalue weighted by atomic mass is 9.86. The second-order valence-corrected chi connectivity index (χ2v) is 21.5. The predicted octanol–water partition coefficient (Wildman–Crippen LogP) is 21.3. The van der Waals surface area contributed by atoms with Crippen molar-refractivity contribution in [3.63, 3.8) is 0 Å². The van der Waals surface area contributed by atoms with E-state index in [0.29, 0.717) is 11.0 Å². The highest BCUT2D eigenvalue weighted by atomic mass is 19.4. The van der Waals surface area contributed by atoms with Crippen molar-refractivity contribution in [2.45, 2.75) is 13.1 Å². The van der Waals surface area contributed by atoms with Crippen LogP contribution in [0.1, 0.15) is 11.1 Å². The Labute approximate surface area is 470 Å². The molecule has 3 nitrogen and oxygen atoms in total. The van der Waals surface area contributed by atoms with Crippen LogP contribution >= 0.6 is 0 Å². The van der Waals surface area contributed by atoms with Crippen LogP contribution in [-0.2, 0) is 6.18 Å². The lowest BCUT2D eigenvalue weighted by Gasteiger charge is -2.18. The largest absolute Gasteiger partial charge is 0.418 e. The second-order valence-electron chi connectivity index (χ2n) is 21.5. The highest BCUT2D eigenvalue weighted by molar-refractivity contribution is 6.22. The van der Waals surface area contributed by atoms with Crippen LogP contribution < -0.4 is 0 Å². The van der Waals surface area contributed by atoms with Crippen molar-refractivity contribution in [1.82, 2.24) is 13.7 Å². The number of benzene rings is 13. The van der Waals surface area contributed by atoms with Crippen LogP contribution in [0.3, 0.4) is 0 Å². The number of aromatic nitrogens is 3. The van der Waals surface area contributed by atoms with Crippen LogP contribution in [0, 0.1) is 6.92 Å². The van der Waals surface area contributed by atoms with E-state index < -0.39 is 11.7 Å². The Hall–Kier alpha value is -10.4. The second kappa shape index (κ2) is 18.3. The number of hydrogen-bond donors (Lipinski definition) is 0. The molecule has 0 amide bonds. The van der Waals surface area contributed by atoms with E-state index >= 15 is 0 Å². The summed E-state index contributed by atoms with van der Waals surface area (Å²) in [5.74, 6) is 0. The third kappa shape index (κ3) is 7.31. The van der Waals surface area contributed by atoms with Crippen molar-refractivity contribution in [3.05, 3.63) is 284 Å². The van der Waals surface area contributed by atoms with Gasteiger partial charge >= 0.3 is 6.18 Å². The lowest BCUT2D eigenvalue weighted by Crippen LogP contribution is -2.10. The number of para-hydroxylation sites is 4. The first-order valence-corrected chi connectivity index (χ1v) is 27.7. The van der Waals surface area contributed by atoms with Crippen LogP contribution in [0.15, 0.2) is 273 Å². The van der Waals surface area contributed by atoms with Crippen LogP contribution in [0.25, 0.3) is 149 Å². The summed E-state index contributed by atoms with van der Waals surface area (Å²) < 4.78 is 50.4. The molecule has 0 aliphatic heterocycles. The molecule has 0 spiro atoms. The summed E-state index contributed by atoms with van der Waals surface area (Å²) in [7, 11) is 0. The van der Waals surface area contributed by atoms with E-state index in [0.717, 1.165) is 77.7 Å². The van der Waals surface area contributed by atoms with E-state index in [1.165, 1.54) is 71.8 Å². The van der Waals surface area contributed by atoms with Crippen LogP contribution in [0.5, 0.6) is 0 Å². The molecule has 0 saturated carbocycles. The molecule has 16 rings (SSSR count). The smallest absolute Gasteiger partial charge is 0.309 e. The molecule has 16 aromatic rings. The van der Waals surface area contributed by atoms with Gasteiger partial charge in [0.25, 0.3) is 0 Å². The summed E-state index contributed by atoms with van der Waals surface area (Å²) in [4.78, 5) is 0. The maximum absolute atomic E-state index is 14.6. The molecule has 0 aliphatic rings. The highest BCUT2D eigenvalue weighted by Crippen LogP contribution is 2.46. The molecule has 6 heteroatoms. The Bertz CT molecular complexity index is 5210. The fourth-order valence-corrected chi connectivity index (χ4v) is 13.3. The number of rotatable bonds is 7. The molecule has 3 aromatic heterocycles. The average molecular weight is 1060 g/mol. The molecule has 0 bridgehead atoms. The zero-order valence-corrected chi connectivity index (χ0v) is 44.5. The number of alkyl halides is 3. The van der Waals surface area contributed by atoms with E-state index in [2.05, 4.69) is 228 Å². The molecule has 0 atom stereocenters. The van der Waals surface area contributed by atoms with Gasteiger partial charge in [0, 0.05) is 43.7 Å². The fraction of sp³-hybridized carbons (Fsp3) is 0.0263. The van der Waals surface area contributed by atoms with E-state index in [-0.39, 0.29) is 5.69 Å². The van der Waals surface area contributed by atoms with Gasteiger partial charge in [-0.05, 0) is 170 Å². The molecule has 0 fully saturated rings. The maximum atomic E-state index is 14.6. The molecule has 388 valence electrons. The molecular weight excluding hydrogens is 1010 g/mol. The van der Waals surface area contributed by atoms with Crippen LogP contribution in [-0.4, -0.2) is 13.7 Å². The van der Waals surface area contributed by atoms with Gasteiger partial charge in [-0.15, -0.1) is 0 Å². The first-order valence-electron chi connectivity index (χ1n) is 27.7. The molecule has 3 heterocycles. The molecular formula is C76H48F3N3. The Balaban J connectivity index is 0.883. The third-order valence-electron chi connectivity index (χ3n) is 17.0. The highest BCUT2D eigenvalue weighted by Gasteiger charge is 2.34. The molecule has 13 aromatic carbocycles. The molecule has 0 aliphatic carbocycles. The van der Waals surface area contributed by atoms with Gasteiger partial charge in [-0.2, -0.15) is 13.2 Å². The molecule has 0 radical (unpaired) electrons. The predicted molar refractivity (Wildman–Crippen MR) is 336 cm³/mol. The SMILES string of the molecule is Cc1ccccc1-n1c2ccccc2c2cc(-c3ccc4c(c3)c3cc(-c5ccc6c(c5)c5ccccc5n6-c5ccccc5C(F)(F)F)ccc3n4-c3ccc(-c4c5ccccc5c(-c5ccccc5)c5ccccc45)cc3)ccc21. The first-order chi connectivity index (χ1) is 40.2. The normalized spacial score (nSPS) is 12.1. The number of hydrogen-bond acceptors (Lipinski definition) is 0. The molecule has 0 saturated heterocycles. The van der Waals surface area contributed by atoms with Gasteiger partial charge in [0.1, 0.15) is 0 Å². The van der Waals surface area contributed by atoms with Gasteiger partial charge in [0.2, 0.25) is 0 Å². The van der Waals surface area contributed by atoms with Crippen molar-refractivity contribution in [1.29, 1.82) is 0 Å².